The van der Waals surface area contributed by atoms with Gasteiger partial charge < -0.3 is 14.4 Å². The van der Waals surface area contributed by atoms with Gasteiger partial charge in [-0.3, -0.25) is 9.59 Å². The van der Waals surface area contributed by atoms with E-state index in [4.69, 9.17) is 0 Å². The molecule has 1 aromatic carbocycles. The van der Waals surface area contributed by atoms with E-state index in [2.05, 4.69) is 13.8 Å². The first-order valence-corrected chi connectivity index (χ1v) is 10.5. The van der Waals surface area contributed by atoms with Crippen LogP contribution in [-0.4, -0.2) is 45.3 Å². The Kier molecular flexibility index (Phi) is 8.06. The van der Waals surface area contributed by atoms with E-state index < -0.39 is 0 Å². The number of aromatic nitrogens is 1. The first-order valence-electron chi connectivity index (χ1n) is 10.5. The Bertz CT molecular complexity index is 808. The van der Waals surface area contributed by atoms with Crippen LogP contribution in [0.15, 0.2) is 42.6 Å². The second kappa shape index (κ2) is 10.3. The van der Waals surface area contributed by atoms with Gasteiger partial charge in [-0.05, 0) is 50.5 Å². The van der Waals surface area contributed by atoms with Crippen LogP contribution in [0.5, 0.6) is 0 Å². The molecule has 0 saturated carbocycles. The van der Waals surface area contributed by atoms with Gasteiger partial charge in [-0.25, -0.2) is 0 Å². The van der Waals surface area contributed by atoms with E-state index in [-0.39, 0.29) is 24.4 Å². The SMILES string of the molecule is CC[C@H](C)N(CC(=O)N(Cc1cccn1C)CC(C)C)C(=O)c1ccc(C)cc1. The fourth-order valence-corrected chi connectivity index (χ4v) is 3.31. The van der Waals surface area contributed by atoms with Crippen molar-refractivity contribution in [2.45, 2.75) is 53.6 Å². The number of nitrogens with zero attached hydrogens (tertiary/aromatic N) is 3. The van der Waals surface area contributed by atoms with Crippen molar-refractivity contribution in [3.05, 3.63) is 59.4 Å². The molecule has 0 spiro atoms. The van der Waals surface area contributed by atoms with Gasteiger partial charge in [0, 0.05) is 37.1 Å². The van der Waals surface area contributed by atoms with Crippen molar-refractivity contribution in [3.63, 3.8) is 0 Å². The van der Waals surface area contributed by atoms with E-state index in [1.54, 1.807) is 4.90 Å². The van der Waals surface area contributed by atoms with Crippen LogP contribution in [0.3, 0.4) is 0 Å². The second-order valence-electron chi connectivity index (χ2n) is 8.33. The fourth-order valence-electron chi connectivity index (χ4n) is 3.31. The number of benzene rings is 1. The van der Waals surface area contributed by atoms with E-state index in [0.717, 1.165) is 17.7 Å². The van der Waals surface area contributed by atoms with Crippen LogP contribution in [0.4, 0.5) is 0 Å². The Labute approximate surface area is 175 Å². The summed E-state index contributed by atoms with van der Waals surface area (Å²) in [5, 5.41) is 0. The number of aryl methyl sites for hydroxylation is 2. The van der Waals surface area contributed by atoms with Crippen LogP contribution in [-0.2, 0) is 18.4 Å². The Morgan fingerprint density at radius 3 is 2.24 bits per heavy atom. The lowest BCUT2D eigenvalue weighted by molar-refractivity contribution is -0.133. The van der Waals surface area contributed by atoms with Crippen molar-refractivity contribution in [1.29, 1.82) is 0 Å². The zero-order chi connectivity index (χ0) is 21.6. The summed E-state index contributed by atoms with van der Waals surface area (Å²) in [6, 6.07) is 11.6. The van der Waals surface area contributed by atoms with Gasteiger partial charge >= 0.3 is 0 Å². The van der Waals surface area contributed by atoms with Gasteiger partial charge in [-0.15, -0.1) is 0 Å². The van der Waals surface area contributed by atoms with E-state index >= 15 is 0 Å². The van der Waals surface area contributed by atoms with E-state index in [1.807, 2.05) is 79.9 Å². The fraction of sp³-hybridized carbons (Fsp3) is 0.500. The van der Waals surface area contributed by atoms with Crippen LogP contribution in [0, 0.1) is 12.8 Å². The minimum absolute atomic E-state index is 0.0105. The molecule has 158 valence electrons. The predicted molar refractivity (Wildman–Crippen MR) is 118 cm³/mol. The Balaban J connectivity index is 2.22. The smallest absolute Gasteiger partial charge is 0.254 e. The molecule has 0 unspecified atom stereocenters. The molecule has 0 bridgehead atoms. The minimum atomic E-state index is -0.0870. The van der Waals surface area contributed by atoms with Crippen LogP contribution < -0.4 is 0 Å². The summed E-state index contributed by atoms with van der Waals surface area (Å²) in [5.74, 6) is 0.251. The van der Waals surface area contributed by atoms with Gasteiger partial charge in [-0.2, -0.15) is 0 Å². The van der Waals surface area contributed by atoms with E-state index in [0.29, 0.717) is 24.6 Å². The van der Waals surface area contributed by atoms with Gasteiger partial charge in [0.2, 0.25) is 5.91 Å². The zero-order valence-corrected chi connectivity index (χ0v) is 18.7. The maximum absolute atomic E-state index is 13.3. The quantitative estimate of drug-likeness (QED) is 0.635. The van der Waals surface area contributed by atoms with E-state index in [9.17, 15) is 9.59 Å². The normalized spacial score (nSPS) is 12.1. The molecule has 1 atom stereocenters. The second-order valence-corrected chi connectivity index (χ2v) is 8.33. The summed E-state index contributed by atoms with van der Waals surface area (Å²) in [6.45, 7) is 11.6. The van der Waals surface area contributed by atoms with Gasteiger partial charge in [0.05, 0.1) is 6.54 Å². The highest BCUT2D eigenvalue weighted by Crippen LogP contribution is 2.15. The first-order chi connectivity index (χ1) is 13.7. The Morgan fingerprint density at radius 2 is 1.72 bits per heavy atom. The molecule has 5 heteroatoms. The van der Waals surface area contributed by atoms with Crippen molar-refractivity contribution in [1.82, 2.24) is 14.4 Å². The number of hydrogen-bond donors (Lipinski definition) is 0. The predicted octanol–water partition coefficient (Wildman–Crippen LogP) is 4.26. The molecule has 2 rings (SSSR count). The zero-order valence-electron chi connectivity index (χ0n) is 18.7. The molecule has 2 amide bonds. The third-order valence-corrected chi connectivity index (χ3v) is 5.33. The highest BCUT2D eigenvalue weighted by Gasteiger charge is 2.26. The highest BCUT2D eigenvalue weighted by atomic mass is 16.2. The summed E-state index contributed by atoms with van der Waals surface area (Å²) in [4.78, 5) is 30.0. The molecule has 0 N–H and O–H groups in total. The van der Waals surface area contributed by atoms with Crippen LogP contribution in [0.25, 0.3) is 0 Å². The molecular weight excluding hydrogens is 362 g/mol. The summed E-state index contributed by atoms with van der Waals surface area (Å²) in [7, 11) is 1.99. The molecule has 0 aliphatic carbocycles. The molecule has 0 radical (unpaired) electrons. The largest absolute Gasteiger partial charge is 0.353 e. The van der Waals surface area contributed by atoms with Crippen molar-refractivity contribution >= 4 is 11.8 Å². The third-order valence-electron chi connectivity index (χ3n) is 5.33. The number of rotatable bonds is 9. The maximum atomic E-state index is 13.3. The van der Waals surface area contributed by atoms with Crippen LogP contribution >= 0.6 is 0 Å². The van der Waals surface area contributed by atoms with Crippen molar-refractivity contribution < 1.29 is 9.59 Å². The van der Waals surface area contributed by atoms with Gasteiger partial charge in [-0.1, -0.05) is 38.5 Å². The molecule has 1 aromatic heterocycles. The summed E-state index contributed by atoms with van der Waals surface area (Å²) < 4.78 is 2.03. The standard InChI is InChI=1S/C24H35N3O2/c1-7-20(5)27(24(29)21-12-10-19(4)11-13-21)17-23(28)26(15-18(2)3)16-22-9-8-14-25(22)6/h8-14,18,20H,7,15-17H2,1-6H3/t20-/m0/s1. The van der Waals surface area contributed by atoms with Gasteiger partial charge in [0.15, 0.2) is 0 Å². The van der Waals surface area contributed by atoms with Crippen LogP contribution in [0.2, 0.25) is 0 Å². The topological polar surface area (TPSA) is 45.6 Å². The van der Waals surface area contributed by atoms with Crippen LogP contribution in [0.1, 0.15) is 55.7 Å². The average Bonchev–Trinajstić information content (AvgIpc) is 3.09. The first kappa shape index (κ1) is 22.7. The number of amides is 2. The lowest BCUT2D eigenvalue weighted by atomic mass is 10.1. The molecule has 1 heterocycles. The van der Waals surface area contributed by atoms with E-state index in [1.165, 1.54) is 0 Å². The molecule has 5 nitrogen and oxygen atoms in total. The van der Waals surface area contributed by atoms with Crippen molar-refractivity contribution in [3.8, 4) is 0 Å². The lowest BCUT2D eigenvalue weighted by Gasteiger charge is -2.32. The number of hydrogen-bond acceptors (Lipinski definition) is 2. The molecule has 0 saturated heterocycles. The van der Waals surface area contributed by atoms with Crippen molar-refractivity contribution in [2.24, 2.45) is 13.0 Å². The molecule has 0 aliphatic heterocycles. The molecular formula is C24H35N3O2. The lowest BCUT2D eigenvalue weighted by Crippen LogP contribution is -2.47. The maximum Gasteiger partial charge on any atom is 0.254 e. The minimum Gasteiger partial charge on any atom is -0.353 e. The monoisotopic (exact) mass is 397 g/mol. The number of carbonyl (C=O) groups is 2. The Hall–Kier alpha value is -2.56. The van der Waals surface area contributed by atoms with Crippen molar-refractivity contribution in [2.75, 3.05) is 13.1 Å². The summed E-state index contributed by atoms with van der Waals surface area (Å²) >= 11 is 0. The summed E-state index contributed by atoms with van der Waals surface area (Å²) in [6.07, 6.45) is 2.78. The third kappa shape index (κ3) is 6.21. The molecule has 0 fully saturated rings. The Morgan fingerprint density at radius 1 is 1.07 bits per heavy atom. The molecule has 29 heavy (non-hydrogen) atoms. The van der Waals surface area contributed by atoms with Gasteiger partial charge in [0.1, 0.15) is 6.54 Å². The van der Waals surface area contributed by atoms with Gasteiger partial charge in [0.25, 0.3) is 5.91 Å². The molecule has 2 aromatic rings. The average molecular weight is 398 g/mol. The highest BCUT2D eigenvalue weighted by molar-refractivity contribution is 5.96. The molecule has 0 aliphatic rings. The summed E-state index contributed by atoms with van der Waals surface area (Å²) in [5.41, 5.74) is 2.82. The number of carbonyl (C=O) groups excluding carboxylic acids is 2.